The van der Waals surface area contributed by atoms with Gasteiger partial charge in [-0.1, -0.05) is 13.8 Å². The number of rotatable bonds is 7. The zero-order chi connectivity index (χ0) is 16.8. The van der Waals surface area contributed by atoms with E-state index in [0.717, 1.165) is 45.2 Å². The van der Waals surface area contributed by atoms with Gasteiger partial charge in [0.15, 0.2) is 0 Å². The first-order chi connectivity index (χ1) is 11.1. The van der Waals surface area contributed by atoms with Gasteiger partial charge in [-0.15, -0.1) is 12.4 Å². The molecule has 1 atom stereocenters. The smallest absolute Gasteiger partial charge is 0.341 e. The predicted molar refractivity (Wildman–Crippen MR) is 99.3 cm³/mol. The molecule has 5 heteroatoms. The van der Waals surface area contributed by atoms with E-state index in [1.807, 2.05) is 6.07 Å². The number of aromatic hydroxyl groups is 1. The number of phenols is 1. The van der Waals surface area contributed by atoms with Gasteiger partial charge in [-0.05, 0) is 75.4 Å². The zero-order valence-electron chi connectivity index (χ0n) is 15.0. The molecule has 0 aliphatic heterocycles. The summed E-state index contributed by atoms with van der Waals surface area (Å²) in [5.74, 6) is -0.395. The van der Waals surface area contributed by atoms with E-state index >= 15 is 0 Å². The summed E-state index contributed by atoms with van der Waals surface area (Å²) in [7, 11) is 0. The van der Waals surface area contributed by atoms with Gasteiger partial charge >= 0.3 is 5.97 Å². The van der Waals surface area contributed by atoms with Gasteiger partial charge < -0.3 is 14.7 Å². The highest BCUT2D eigenvalue weighted by Gasteiger charge is 2.26. The third-order valence-corrected chi connectivity index (χ3v) is 4.55. The number of carbonyl (C=O) groups is 1. The summed E-state index contributed by atoms with van der Waals surface area (Å²) in [5.41, 5.74) is 2.64. The van der Waals surface area contributed by atoms with E-state index in [2.05, 4.69) is 18.7 Å². The number of hydrogen-bond donors (Lipinski definition) is 1. The minimum atomic E-state index is -0.436. The van der Waals surface area contributed by atoms with Crippen LogP contribution in [0.25, 0.3) is 0 Å². The van der Waals surface area contributed by atoms with E-state index in [-0.39, 0.29) is 18.2 Å². The van der Waals surface area contributed by atoms with Crippen LogP contribution >= 0.6 is 12.4 Å². The molecule has 0 aromatic heterocycles. The molecule has 0 saturated carbocycles. The van der Waals surface area contributed by atoms with Crippen LogP contribution in [0, 0.1) is 0 Å². The first kappa shape index (κ1) is 20.8. The number of carbonyl (C=O) groups excluding carboxylic acids is 1. The summed E-state index contributed by atoms with van der Waals surface area (Å²) in [6.45, 7) is 8.77. The Kier molecular flexibility index (Phi) is 8.57. The fourth-order valence-corrected chi connectivity index (χ4v) is 3.51. The lowest BCUT2D eigenvalue weighted by atomic mass is 9.86. The first-order valence-corrected chi connectivity index (χ1v) is 8.86. The number of halogens is 1. The summed E-state index contributed by atoms with van der Waals surface area (Å²) in [4.78, 5) is 14.5. The molecule has 1 aliphatic carbocycles. The molecular weight excluding hydrogens is 326 g/mol. The molecule has 1 aromatic rings. The van der Waals surface area contributed by atoms with Crippen molar-refractivity contribution >= 4 is 18.4 Å². The molecule has 0 radical (unpaired) electrons. The van der Waals surface area contributed by atoms with Crippen molar-refractivity contribution in [2.45, 2.75) is 58.9 Å². The number of nitrogens with zero attached hydrogens (tertiary/aromatic N) is 1. The first-order valence-electron chi connectivity index (χ1n) is 8.86. The number of aryl methyl sites for hydroxylation is 1. The highest BCUT2D eigenvalue weighted by atomic mass is 35.5. The molecule has 0 bridgehead atoms. The normalized spacial score (nSPS) is 16.4. The van der Waals surface area contributed by atoms with E-state index in [1.54, 1.807) is 13.0 Å². The Hall–Kier alpha value is -1.26. The number of ether oxygens (including phenoxy) is 1. The van der Waals surface area contributed by atoms with Gasteiger partial charge in [0.25, 0.3) is 0 Å². The van der Waals surface area contributed by atoms with Crippen molar-refractivity contribution in [3.05, 3.63) is 28.8 Å². The third-order valence-electron chi connectivity index (χ3n) is 4.55. The standard InChI is InChI=1S/C19H29NO3.ClH/c1-4-9-20(10-5-2)16-8-7-14-13-18(21)17(12-15(14)11-16)19(22)23-6-3;/h12-13,16,21H,4-11H2,1-3H3;1H. The largest absolute Gasteiger partial charge is 0.507 e. The molecular formula is C19H30ClNO3. The topological polar surface area (TPSA) is 49.8 Å². The molecule has 1 N–H and O–H groups in total. The molecule has 2 rings (SSSR count). The Balaban J connectivity index is 0.00000288. The molecule has 0 amide bonds. The van der Waals surface area contributed by atoms with Gasteiger partial charge in [0.2, 0.25) is 0 Å². The average Bonchev–Trinajstić information content (AvgIpc) is 2.54. The minimum absolute atomic E-state index is 0. The molecule has 136 valence electrons. The lowest BCUT2D eigenvalue weighted by Gasteiger charge is -2.35. The number of hydrogen-bond acceptors (Lipinski definition) is 4. The number of esters is 1. The second kappa shape index (κ2) is 9.90. The monoisotopic (exact) mass is 355 g/mol. The molecule has 0 heterocycles. The fourth-order valence-electron chi connectivity index (χ4n) is 3.51. The Morgan fingerprint density at radius 3 is 2.46 bits per heavy atom. The average molecular weight is 356 g/mol. The second-order valence-electron chi connectivity index (χ2n) is 6.29. The number of fused-ring (bicyclic) bond motifs is 1. The van der Waals surface area contributed by atoms with Gasteiger partial charge in [0.05, 0.1) is 6.61 Å². The second-order valence-corrected chi connectivity index (χ2v) is 6.29. The summed E-state index contributed by atoms with van der Waals surface area (Å²) in [6.07, 6.45) is 5.34. The molecule has 0 spiro atoms. The maximum Gasteiger partial charge on any atom is 0.341 e. The lowest BCUT2D eigenvalue weighted by molar-refractivity contribution is 0.0522. The third kappa shape index (κ3) is 4.87. The zero-order valence-corrected chi connectivity index (χ0v) is 15.8. The summed E-state index contributed by atoms with van der Waals surface area (Å²) in [6, 6.07) is 4.12. The Labute approximate surface area is 151 Å². The van der Waals surface area contributed by atoms with Crippen LogP contribution in [-0.2, 0) is 17.6 Å². The SMILES string of the molecule is CCCN(CCC)C1CCc2cc(O)c(C(=O)OCC)cc2C1.Cl. The summed E-state index contributed by atoms with van der Waals surface area (Å²) in [5, 5.41) is 10.1. The molecule has 4 nitrogen and oxygen atoms in total. The summed E-state index contributed by atoms with van der Waals surface area (Å²) < 4.78 is 5.04. The van der Waals surface area contributed by atoms with Crippen LogP contribution in [-0.4, -0.2) is 41.7 Å². The Morgan fingerprint density at radius 1 is 1.21 bits per heavy atom. The van der Waals surface area contributed by atoms with Crippen molar-refractivity contribution in [1.82, 2.24) is 4.90 Å². The maximum atomic E-state index is 12.0. The maximum absolute atomic E-state index is 12.0. The molecule has 1 aliphatic rings. The van der Waals surface area contributed by atoms with Crippen LogP contribution in [0.4, 0.5) is 0 Å². The van der Waals surface area contributed by atoms with Crippen LogP contribution in [0.5, 0.6) is 5.75 Å². The van der Waals surface area contributed by atoms with Crippen molar-refractivity contribution in [3.63, 3.8) is 0 Å². The van der Waals surface area contributed by atoms with Crippen LogP contribution < -0.4 is 0 Å². The van der Waals surface area contributed by atoms with Crippen molar-refractivity contribution in [1.29, 1.82) is 0 Å². The van der Waals surface area contributed by atoms with E-state index < -0.39 is 5.97 Å². The van der Waals surface area contributed by atoms with Crippen LogP contribution in [0.15, 0.2) is 12.1 Å². The molecule has 1 unspecified atom stereocenters. The van der Waals surface area contributed by atoms with E-state index in [1.165, 1.54) is 11.1 Å². The Bertz CT molecular complexity index is 542. The van der Waals surface area contributed by atoms with Gasteiger partial charge in [0, 0.05) is 6.04 Å². The van der Waals surface area contributed by atoms with Crippen LogP contribution in [0.2, 0.25) is 0 Å². The minimum Gasteiger partial charge on any atom is -0.507 e. The van der Waals surface area contributed by atoms with Crippen molar-refractivity contribution in [2.24, 2.45) is 0 Å². The molecule has 24 heavy (non-hydrogen) atoms. The van der Waals surface area contributed by atoms with E-state index in [9.17, 15) is 9.90 Å². The van der Waals surface area contributed by atoms with E-state index in [4.69, 9.17) is 4.74 Å². The van der Waals surface area contributed by atoms with Gasteiger partial charge in [-0.3, -0.25) is 0 Å². The molecule has 0 saturated heterocycles. The van der Waals surface area contributed by atoms with E-state index in [0.29, 0.717) is 18.2 Å². The number of phenolic OH excluding ortho intramolecular Hbond substituents is 1. The van der Waals surface area contributed by atoms with Crippen molar-refractivity contribution in [3.8, 4) is 5.75 Å². The highest BCUT2D eigenvalue weighted by molar-refractivity contribution is 5.92. The predicted octanol–water partition coefficient (Wildman–Crippen LogP) is 3.97. The lowest BCUT2D eigenvalue weighted by Crippen LogP contribution is -2.40. The van der Waals surface area contributed by atoms with Gasteiger partial charge in [-0.2, -0.15) is 0 Å². The van der Waals surface area contributed by atoms with Crippen LogP contribution in [0.1, 0.15) is 61.5 Å². The summed E-state index contributed by atoms with van der Waals surface area (Å²) >= 11 is 0. The van der Waals surface area contributed by atoms with Gasteiger partial charge in [-0.25, -0.2) is 4.79 Å². The highest BCUT2D eigenvalue weighted by Crippen LogP contribution is 2.31. The van der Waals surface area contributed by atoms with Crippen molar-refractivity contribution in [2.75, 3.05) is 19.7 Å². The van der Waals surface area contributed by atoms with Gasteiger partial charge in [0.1, 0.15) is 11.3 Å². The quantitative estimate of drug-likeness (QED) is 0.752. The number of benzene rings is 1. The molecule has 1 aromatic carbocycles. The molecule has 0 fully saturated rings. The van der Waals surface area contributed by atoms with Crippen molar-refractivity contribution < 1.29 is 14.6 Å². The Morgan fingerprint density at radius 2 is 1.88 bits per heavy atom. The fraction of sp³-hybridized carbons (Fsp3) is 0.632. The van der Waals surface area contributed by atoms with Crippen LogP contribution in [0.3, 0.4) is 0 Å².